The molecule has 1 aromatic rings. The molecule has 1 atom stereocenters. The molecule has 0 radical (unpaired) electrons. The van der Waals surface area contributed by atoms with Crippen LogP contribution in [0.1, 0.15) is 70.8 Å². The van der Waals surface area contributed by atoms with E-state index in [0.29, 0.717) is 5.92 Å². The summed E-state index contributed by atoms with van der Waals surface area (Å²) < 4.78 is 22.9. The topological polar surface area (TPSA) is 63.4 Å². The van der Waals surface area contributed by atoms with Gasteiger partial charge in [-0.1, -0.05) is 77.2 Å². The van der Waals surface area contributed by atoms with Gasteiger partial charge in [0.05, 0.1) is 4.90 Å². The van der Waals surface area contributed by atoms with Gasteiger partial charge in [-0.15, -0.1) is 0 Å². The van der Waals surface area contributed by atoms with E-state index in [1.165, 1.54) is 32.1 Å². The standard InChI is InChI=1S/C21H36N2O2S/c1-4-7-8-9-10-12-19(13-11-18-23(5-2)6-3)20-14-16-21(17-15-20)26(22,24)25/h11,13-17,19H,4-10,12,18H2,1-3H3,(H2,22,24,25). The summed E-state index contributed by atoms with van der Waals surface area (Å²) in [6.45, 7) is 9.63. The van der Waals surface area contributed by atoms with E-state index >= 15 is 0 Å². The van der Waals surface area contributed by atoms with Crippen molar-refractivity contribution >= 4 is 10.0 Å². The predicted molar refractivity (Wildman–Crippen MR) is 111 cm³/mol. The van der Waals surface area contributed by atoms with Crippen molar-refractivity contribution in [1.82, 2.24) is 4.90 Å². The molecule has 5 heteroatoms. The maximum Gasteiger partial charge on any atom is 0.238 e. The number of nitrogens with two attached hydrogens (primary N) is 1. The van der Waals surface area contributed by atoms with Gasteiger partial charge in [-0.2, -0.15) is 0 Å². The average Bonchev–Trinajstić information content (AvgIpc) is 2.63. The number of rotatable bonds is 13. The number of sulfonamides is 1. The van der Waals surface area contributed by atoms with Crippen molar-refractivity contribution in [1.29, 1.82) is 0 Å². The lowest BCUT2D eigenvalue weighted by Crippen LogP contribution is -2.22. The molecule has 0 amide bonds. The molecule has 0 saturated carbocycles. The number of unbranched alkanes of at least 4 members (excludes halogenated alkanes) is 4. The van der Waals surface area contributed by atoms with Gasteiger partial charge in [0.25, 0.3) is 0 Å². The normalized spacial score (nSPS) is 13.6. The number of hydrogen-bond donors (Lipinski definition) is 1. The first-order valence-electron chi connectivity index (χ1n) is 9.94. The summed E-state index contributed by atoms with van der Waals surface area (Å²) in [5, 5.41) is 5.21. The molecule has 0 aromatic heterocycles. The number of allylic oxidation sites excluding steroid dienone is 1. The smallest absolute Gasteiger partial charge is 0.238 e. The molecular formula is C21H36N2O2S. The number of benzene rings is 1. The van der Waals surface area contributed by atoms with Crippen LogP contribution in [0.15, 0.2) is 41.3 Å². The summed E-state index contributed by atoms with van der Waals surface area (Å²) >= 11 is 0. The van der Waals surface area contributed by atoms with E-state index in [1.54, 1.807) is 12.1 Å². The van der Waals surface area contributed by atoms with Crippen LogP contribution in [0.5, 0.6) is 0 Å². The fourth-order valence-corrected chi connectivity index (χ4v) is 3.62. The first kappa shape index (κ1) is 22.9. The van der Waals surface area contributed by atoms with Gasteiger partial charge in [-0.3, -0.25) is 0 Å². The third-order valence-electron chi connectivity index (χ3n) is 4.88. The molecule has 1 rings (SSSR count). The van der Waals surface area contributed by atoms with Gasteiger partial charge in [-0.25, -0.2) is 13.6 Å². The third kappa shape index (κ3) is 8.47. The molecule has 1 unspecified atom stereocenters. The van der Waals surface area contributed by atoms with Crippen LogP contribution in [-0.4, -0.2) is 33.0 Å². The van der Waals surface area contributed by atoms with Crippen LogP contribution < -0.4 is 5.14 Å². The van der Waals surface area contributed by atoms with Crippen LogP contribution in [0.2, 0.25) is 0 Å². The molecule has 2 N–H and O–H groups in total. The van der Waals surface area contributed by atoms with E-state index < -0.39 is 10.0 Å². The molecule has 4 nitrogen and oxygen atoms in total. The van der Waals surface area contributed by atoms with Crippen molar-refractivity contribution in [2.75, 3.05) is 19.6 Å². The number of likely N-dealkylation sites (N-methyl/N-ethyl adjacent to an activating group) is 1. The maximum atomic E-state index is 11.5. The molecular weight excluding hydrogens is 344 g/mol. The van der Waals surface area contributed by atoms with E-state index in [4.69, 9.17) is 5.14 Å². The molecule has 148 valence electrons. The molecule has 0 aliphatic carbocycles. The highest BCUT2D eigenvalue weighted by Gasteiger charge is 2.11. The highest BCUT2D eigenvalue weighted by molar-refractivity contribution is 7.89. The van der Waals surface area contributed by atoms with Gasteiger partial charge in [0.1, 0.15) is 0 Å². The van der Waals surface area contributed by atoms with E-state index in [2.05, 4.69) is 37.8 Å². The lowest BCUT2D eigenvalue weighted by Gasteiger charge is -2.17. The van der Waals surface area contributed by atoms with Gasteiger partial charge >= 0.3 is 0 Å². The average molecular weight is 381 g/mol. The van der Waals surface area contributed by atoms with Crippen LogP contribution in [0.25, 0.3) is 0 Å². The van der Waals surface area contributed by atoms with E-state index in [0.717, 1.165) is 31.6 Å². The van der Waals surface area contributed by atoms with Crippen molar-refractivity contribution in [3.8, 4) is 0 Å². The Balaban J connectivity index is 2.80. The summed E-state index contributed by atoms with van der Waals surface area (Å²) in [5.41, 5.74) is 1.16. The monoisotopic (exact) mass is 380 g/mol. The quantitative estimate of drug-likeness (QED) is 0.399. The second-order valence-corrected chi connectivity index (χ2v) is 8.40. The van der Waals surface area contributed by atoms with Crippen LogP contribution in [0.4, 0.5) is 0 Å². The van der Waals surface area contributed by atoms with Crippen LogP contribution in [0.3, 0.4) is 0 Å². The van der Waals surface area contributed by atoms with Gasteiger partial charge in [0.2, 0.25) is 10.0 Å². The Kier molecular flexibility index (Phi) is 10.8. The van der Waals surface area contributed by atoms with E-state index in [1.807, 2.05) is 12.1 Å². The summed E-state index contributed by atoms with van der Waals surface area (Å²) in [6, 6.07) is 7.04. The fraction of sp³-hybridized carbons (Fsp3) is 0.619. The van der Waals surface area contributed by atoms with Crippen molar-refractivity contribution < 1.29 is 8.42 Å². The highest BCUT2D eigenvalue weighted by Crippen LogP contribution is 2.25. The fourth-order valence-electron chi connectivity index (χ4n) is 3.10. The van der Waals surface area contributed by atoms with E-state index in [-0.39, 0.29) is 4.90 Å². The zero-order valence-corrected chi connectivity index (χ0v) is 17.5. The zero-order valence-electron chi connectivity index (χ0n) is 16.7. The van der Waals surface area contributed by atoms with Crippen LogP contribution in [0, 0.1) is 0 Å². The second-order valence-electron chi connectivity index (χ2n) is 6.84. The molecule has 0 saturated heterocycles. The largest absolute Gasteiger partial charge is 0.300 e. The van der Waals surface area contributed by atoms with Crippen molar-refractivity contribution in [2.24, 2.45) is 5.14 Å². The molecule has 1 aromatic carbocycles. The number of nitrogens with zero attached hydrogens (tertiary/aromatic N) is 1. The molecule has 0 heterocycles. The molecule has 26 heavy (non-hydrogen) atoms. The summed E-state index contributed by atoms with van der Waals surface area (Å²) in [4.78, 5) is 2.55. The first-order chi connectivity index (χ1) is 12.4. The minimum absolute atomic E-state index is 0.176. The van der Waals surface area contributed by atoms with Gasteiger partial charge in [-0.05, 0) is 37.2 Å². The Hall–Kier alpha value is -1.17. The number of hydrogen-bond acceptors (Lipinski definition) is 3. The van der Waals surface area contributed by atoms with Gasteiger partial charge in [0.15, 0.2) is 0 Å². The first-order valence-corrected chi connectivity index (χ1v) is 11.5. The summed E-state index contributed by atoms with van der Waals surface area (Å²) in [5.74, 6) is 0.321. The SMILES string of the molecule is CCCCCCCC(C=CCN(CC)CC)c1ccc(S(N)(=O)=O)cc1. The lowest BCUT2D eigenvalue weighted by atomic mass is 9.92. The van der Waals surface area contributed by atoms with Gasteiger partial charge in [0, 0.05) is 12.5 Å². The molecule has 0 aliphatic heterocycles. The van der Waals surface area contributed by atoms with Crippen LogP contribution >= 0.6 is 0 Å². The van der Waals surface area contributed by atoms with Crippen LogP contribution in [-0.2, 0) is 10.0 Å². The Morgan fingerprint density at radius 2 is 1.62 bits per heavy atom. The summed E-state index contributed by atoms with van der Waals surface area (Å²) in [6.07, 6.45) is 11.9. The Bertz CT molecular complexity index is 620. The lowest BCUT2D eigenvalue weighted by molar-refractivity contribution is 0.337. The molecule has 0 bridgehead atoms. The van der Waals surface area contributed by atoms with Crippen molar-refractivity contribution in [3.05, 3.63) is 42.0 Å². The highest BCUT2D eigenvalue weighted by atomic mass is 32.2. The Morgan fingerprint density at radius 3 is 2.15 bits per heavy atom. The predicted octanol–water partition coefficient (Wildman–Crippen LogP) is 4.68. The molecule has 0 fully saturated rings. The van der Waals surface area contributed by atoms with Crippen molar-refractivity contribution in [3.63, 3.8) is 0 Å². The zero-order chi connectivity index (χ0) is 19.4. The summed E-state index contributed by atoms with van der Waals surface area (Å²) in [7, 11) is -3.63. The van der Waals surface area contributed by atoms with Gasteiger partial charge < -0.3 is 4.90 Å². The Morgan fingerprint density at radius 1 is 1.00 bits per heavy atom. The maximum absolute atomic E-state index is 11.5. The number of primary sulfonamides is 1. The second kappa shape index (κ2) is 12.3. The third-order valence-corrected chi connectivity index (χ3v) is 5.81. The molecule has 0 aliphatic rings. The minimum atomic E-state index is -3.63. The molecule has 0 spiro atoms. The Labute approximate surface area is 160 Å². The minimum Gasteiger partial charge on any atom is -0.300 e. The van der Waals surface area contributed by atoms with Crippen molar-refractivity contribution in [2.45, 2.75) is 70.1 Å². The van der Waals surface area contributed by atoms with E-state index in [9.17, 15) is 8.42 Å².